The molecule has 6 nitrogen and oxygen atoms in total. The Morgan fingerprint density at radius 3 is 2.89 bits per heavy atom. The molecule has 2 aromatic heterocycles. The molecule has 0 amide bonds. The summed E-state index contributed by atoms with van der Waals surface area (Å²) in [6, 6.07) is 11.8. The van der Waals surface area contributed by atoms with Gasteiger partial charge in [-0.25, -0.2) is 13.4 Å². The van der Waals surface area contributed by atoms with Crippen LogP contribution < -0.4 is 0 Å². The van der Waals surface area contributed by atoms with Gasteiger partial charge in [0.05, 0.1) is 48.4 Å². The molecule has 1 aromatic carbocycles. The van der Waals surface area contributed by atoms with E-state index in [1.165, 1.54) is 0 Å². The van der Waals surface area contributed by atoms with Crippen molar-refractivity contribution in [1.82, 2.24) is 9.55 Å². The molecule has 0 spiro atoms. The van der Waals surface area contributed by atoms with Crippen LogP contribution in [0.3, 0.4) is 0 Å². The lowest BCUT2D eigenvalue weighted by Crippen LogP contribution is -2.24. The molecule has 0 aliphatic carbocycles. The number of ether oxygens (including phenoxy) is 1. The second-order valence-corrected chi connectivity index (χ2v) is 10.6. The predicted molar refractivity (Wildman–Crippen MR) is 110 cm³/mol. The Morgan fingerprint density at radius 2 is 2.14 bits per heavy atom. The number of hydrogen-bond donors (Lipinski definition) is 1. The van der Waals surface area contributed by atoms with Crippen LogP contribution in [0.2, 0.25) is 0 Å². The first kappa shape index (κ1) is 19.6. The van der Waals surface area contributed by atoms with Crippen LogP contribution in [0.5, 0.6) is 0 Å². The maximum Gasteiger partial charge on any atom is 0.150 e. The van der Waals surface area contributed by atoms with Crippen molar-refractivity contribution in [2.24, 2.45) is 5.92 Å². The highest BCUT2D eigenvalue weighted by Gasteiger charge is 2.29. The van der Waals surface area contributed by atoms with Crippen LogP contribution in [-0.4, -0.2) is 47.3 Å². The average molecular weight is 421 g/mol. The molecule has 1 aliphatic heterocycles. The molecular weight excluding hydrogens is 396 g/mol. The molecule has 1 aliphatic rings. The van der Waals surface area contributed by atoms with Crippen molar-refractivity contribution in [3.8, 4) is 0 Å². The van der Waals surface area contributed by atoms with Gasteiger partial charge in [-0.2, -0.15) is 0 Å². The third-order valence-corrected chi connectivity index (χ3v) is 7.75. The van der Waals surface area contributed by atoms with Gasteiger partial charge in [0, 0.05) is 11.3 Å². The fourth-order valence-corrected chi connectivity index (χ4v) is 6.23. The van der Waals surface area contributed by atoms with Crippen molar-refractivity contribution in [1.29, 1.82) is 0 Å². The van der Waals surface area contributed by atoms with Crippen LogP contribution in [0.4, 0.5) is 0 Å². The molecule has 0 radical (unpaired) electrons. The number of fused-ring (bicyclic) bond motifs is 1. The number of aliphatic hydroxyl groups is 1. The first-order valence-electron chi connectivity index (χ1n) is 9.43. The highest BCUT2D eigenvalue weighted by atomic mass is 32.2. The Bertz CT molecular complexity index is 1030. The van der Waals surface area contributed by atoms with E-state index in [1.807, 2.05) is 46.3 Å². The molecule has 3 heterocycles. The molecule has 1 fully saturated rings. The van der Waals surface area contributed by atoms with Gasteiger partial charge in [0.25, 0.3) is 0 Å². The number of sulfone groups is 1. The van der Waals surface area contributed by atoms with E-state index in [9.17, 15) is 13.5 Å². The molecule has 150 valence electrons. The molecule has 8 heteroatoms. The summed E-state index contributed by atoms with van der Waals surface area (Å²) in [6.45, 7) is 1.10. The molecule has 3 aromatic rings. The van der Waals surface area contributed by atoms with Gasteiger partial charge >= 0.3 is 0 Å². The van der Waals surface area contributed by atoms with E-state index < -0.39 is 15.9 Å². The van der Waals surface area contributed by atoms with Gasteiger partial charge in [-0.05, 0) is 35.9 Å². The second-order valence-electron chi connectivity index (χ2n) is 7.35. The summed E-state index contributed by atoms with van der Waals surface area (Å²) in [5.74, 6) is 1.41. The van der Waals surface area contributed by atoms with Crippen LogP contribution in [-0.2, 0) is 34.1 Å². The molecule has 1 N–H and O–H groups in total. The van der Waals surface area contributed by atoms with Gasteiger partial charge in [-0.1, -0.05) is 18.2 Å². The first-order chi connectivity index (χ1) is 13.5. The number of aromatic nitrogens is 2. The van der Waals surface area contributed by atoms with Crippen molar-refractivity contribution < 1.29 is 18.3 Å². The SMILES string of the molecule is O=S1(=O)CCC(Cc2nc3ccccc3n2CC(O)COCc2cccs2)C1. The number of benzene rings is 1. The summed E-state index contributed by atoms with van der Waals surface area (Å²) >= 11 is 1.63. The van der Waals surface area contributed by atoms with Crippen molar-refractivity contribution in [2.75, 3.05) is 18.1 Å². The van der Waals surface area contributed by atoms with Crippen molar-refractivity contribution in [3.63, 3.8) is 0 Å². The molecule has 0 bridgehead atoms. The molecule has 4 rings (SSSR count). The standard InChI is InChI=1S/C20H24N2O4S2/c23-16(12-26-13-17-4-3-8-27-17)11-22-19-6-2-1-5-18(19)21-20(22)10-15-7-9-28(24,25)14-15/h1-6,8,15-16,23H,7,9-14H2. The van der Waals surface area contributed by atoms with Crippen LogP contribution >= 0.6 is 11.3 Å². The lowest BCUT2D eigenvalue weighted by molar-refractivity contribution is 0.0214. The highest BCUT2D eigenvalue weighted by molar-refractivity contribution is 7.91. The Morgan fingerprint density at radius 1 is 1.29 bits per heavy atom. The summed E-state index contributed by atoms with van der Waals surface area (Å²) in [7, 11) is -2.92. The van der Waals surface area contributed by atoms with Crippen molar-refractivity contribution in [3.05, 3.63) is 52.5 Å². The van der Waals surface area contributed by atoms with Gasteiger partial charge in [0.1, 0.15) is 5.82 Å². The lowest BCUT2D eigenvalue weighted by atomic mass is 10.1. The Labute approximate surface area is 168 Å². The maximum atomic E-state index is 11.8. The number of nitrogens with zero attached hydrogens (tertiary/aromatic N) is 2. The second kappa shape index (κ2) is 8.32. The summed E-state index contributed by atoms with van der Waals surface area (Å²) in [4.78, 5) is 5.84. The first-order valence-corrected chi connectivity index (χ1v) is 12.1. The Kier molecular flexibility index (Phi) is 5.82. The third kappa shape index (κ3) is 4.63. The van der Waals surface area contributed by atoms with E-state index in [4.69, 9.17) is 9.72 Å². The Hall–Kier alpha value is -1.74. The van der Waals surface area contributed by atoms with E-state index >= 15 is 0 Å². The van der Waals surface area contributed by atoms with Crippen LogP contribution in [0.25, 0.3) is 11.0 Å². The minimum Gasteiger partial charge on any atom is -0.389 e. The van der Waals surface area contributed by atoms with Gasteiger partial charge in [0.15, 0.2) is 9.84 Å². The summed E-state index contributed by atoms with van der Waals surface area (Å²) in [5.41, 5.74) is 1.82. The molecule has 28 heavy (non-hydrogen) atoms. The minimum absolute atomic E-state index is 0.0905. The minimum atomic E-state index is -2.92. The van der Waals surface area contributed by atoms with E-state index in [0.29, 0.717) is 26.0 Å². The summed E-state index contributed by atoms with van der Waals surface area (Å²) in [5, 5.41) is 12.5. The fourth-order valence-electron chi connectivity index (χ4n) is 3.73. The number of rotatable bonds is 8. The number of hydrogen-bond acceptors (Lipinski definition) is 6. The topological polar surface area (TPSA) is 81.4 Å². The molecule has 0 saturated carbocycles. The zero-order valence-corrected chi connectivity index (χ0v) is 17.2. The zero-order chi connectivity index (χ0) is 19.6. The quantitative estimate of drug-likeness (QED) is 0.606. The van der Waals surface area contributed by atoms with Gasteiger partial charge in [-0.15, -0.1) is 11.3 Å². The van der Waals surface area contributed by atoms with E-state index in [-0.39, 0.29) is 24.0 Å². The van der Waals surface area contributed by atoms with E-state index in [1.54, 1.807) is 11.3 Å². The van der Waals surface area contributed by atoms with Crippen LogP contribution in [0.1, 0.15) is 17.1 Å². The Balaban J connectivity index is 1.46. The number of thiophene rings is 1. The number of para-hydroxylation sites is 2. The summed E-state index contributed by atoms with van der Waals surface area (Å²) < 4.78 is 31.3. The maximum absolute atomic E-state index is 11.8. The van der Waals surface area contributed by atoms with Crippen LogP contribution in [0, 0.1) is 5.92 Å². The number of imidazole rings is 1. The van der Waals surface area contributed by atoms with Crippen LogP contribution in [0.15, 0.2) is 41.8 Å². The highest BCUT2D eigenvalue weighted by Crippen LogP contribution is 2.25. The smallest absolute Gasteiger partial charge is 0.150 e. The fraction of sp³-hybridized carbons (Fsp3) is 0.450. The van der Waals surface area contributed by atoms with Gasteiger partial charge in [0.2, 0.25) is 0 Å². The van der Waals surface area contributed by atoms with Crippen molar-refractivity contribution >= 4 is 32.2 Å². The summed E-state index contributed by atoms with van der Waals surface area (Å²) in [6.07, 6.45) is 0.623. The van der Waals surface area contributed by atoms with Crippen molar-refractivity contribution in [2.45, 2.75) is 32.1 Å². The molecule has 1 saturated heterocycles. The monoisotopic (exact) mass is 420 g/mol. The largest absolute Gasteiger partial charge is 0.389 e. The average Bonchev–Trinajstić information content (AvgIpc) is 3.36. The number of aliphatic hydroxyl groups excluding tert-OH is 1. The molecule has 2 atom stereocenters. The van der Waals surface area contributed by atoms with Gasteiger partial charge in [-0.3, -0.25) is 0 Å². The zero-order valence-electron chi connectivity index (χ0n) is 15.5. The lowest BCUT2D eigenvalue weighted by Gasteiger charge is -2.16. The normalized spacial score (nSPS) is 20.0. The predicted octanol–water partition coefficient (Wildman–Crippen LogP) is 2.65. The third-order valence-electron chi connectivity index (χ3n) is 5.06. The molecule has 2 unspecified atom stereocenters. The van der Waals surface area contributed by atoms with E-state index in [2.05, 4.69) is 0 Å². The van der Waals surface area contributed by atoms with Gasteiger partial charge < -0.3 is 14.4 Å². The molecular formula is C20H24N2O4S2. The van der Waals surface area contributed by atoms with E-state index in [0.717, 1.165) is 21.7 Å².